The van der Waals surface area contributed by atoms with Crippen molar-refractivity contribution in [3.63, 3.8) is 0 Å². The number of hydrogen-bond acceptors (Lipinski definition) is 5. The monoisotopic (exact) mass is 165 g/mol. The fourth-order valence-electron chi connectivity index (χ4n) is 1.03. The molecule has 0 fully saturated rings. The number of aromatic nitrogens is 4. The zero-order chi connectivity index (χ0) is 8.55. The molecule has 0 saturated heterocycles. The van der Waals surface area contributed by atoms with E-state index in [-0.39, 0.29) is 0 Å². The summed E-state index contributed by atoms with van der Waals surface area (Å²) in [5.74, 6) is 5.34. The van der Waals surface area contributed by atoms with Gasteiger partial charge in [-0.1, -0.05) is 0 Å². The standard InChI is InChI=1S/C6H7N5O/c1-11-5-4(2-10-11)6(12-7)9-3-8-5/h2-3H,7H2,1H3. The van der Waals surface area contributed by atoms with Gasteiger partial charge in [0, 0.05) is 7.05 Å². The zero-order valence-corrected chi connectivity index (χ0v) is 6.43. The maximum atomic E-state index is 5.00. The Morgan fingerprint density at radius 3 is 3.08 bits per heavy atom. The molecule has 62 valence electrons. The van der Waals surface area contributed by atoms with Crippen molar-refractivity contribution in [2.45, 2.75) is 0 Å². The molecule has 2 aromatic rings. The van der Waals surface area contributed by atoms with Gasteiger partial charge in [-0.25, -0.2) is 4.98 Å². The molecule has 0 unspecified atom stereocenters. The molecule has 2 heterocycles. The fraction of sp³-hybridized carbons (Fsp3) is 0.167. The highest BCUT2D eigenvalue weighted by atomic mass is 16.6. The Hall–Kier alpha value is -1.69. The van der Waals surface area contributed by atoms with Crippen LogP contribution in [0.2, 0.25) is 0 Å². The van der Waals surface area contributed by atoms with Crippen molar-refractivity contribution >= 4 is 11.0 Å². The van der Waals surface area contributed by atoms with Gasteiger partial charge >= 0.3 is 0 Å². The van der Waals surface area contributed by atoms with Crippen molar-refractivity contribution in [3.8, 4) is 5.88 Å². The molecule has 6 nitrogen and oxygen atoms in total. The topological polar surface area (TPSA) is 78.9 Å². The first kappa shape index (κ1) is 6.99. The molecule has 2 N–H and O–H groups in total. The zero-order valence-electron chi connectivity index (χ0n) is 6.43. The van der Waals surface area contributed by atoms with Crippen LogP contribution in [-0.2, 0) is 7.05 Å². The molecule has 0 radical (unpaired) electrons. The lowest BCUT2D eigenvalue weighted by atomic mass is 10.4. The van der Waals surface area contributed by atoms with E-state index >= 15 is 0 Å². The molecule has 0 amide bonds. The maximum Gasteiger partial charge on any atom is 0.251 e. The molecule has 0 aliphatic heterocycles. The third kappa shape index (κ3) is 0.817. The minimum atomic E-state index is 0.341. The summed E-state index contributed by atoms with van der Waals surface area (Å²) in [6.07, 6.45) is 2.99. The van der Waals surface area contributed by atoms with Gasteiger partial charge in [-0.05, 0) is 0 Å². The van der Waals surface area contributed by atoms with Gasteiger partial charge in [-0.2, -0.15) is 16.0 Å². The number of aryl methyl sites for hydroxylation is 1. The van der Waals surface area contributed by atoms with Crippen LogP contribution in [0.3, 0.4) is 0 Å². The number of nitrogens with two attached hydrogens (primary N) is 1. The summed E-state index contributed by atoms with van der Waals surface area (Å²) in [6.45, 7) is 0. The summed E-state index contributed by atoms with van der Waals surface area (Å²) in [5.41, 5.74) is 0.699. The molecule has 0 atom stereocenters. The van der Waals surface area contributed by atoms with E-state index in [1.54, 1.807) is 17.9 Å². The van der Waals surface area contributed by atoms with E-state index in [1.165, 1.54) is 6.33 Å². The maximum absolute atomic E-state index is 5.00. The first-order valence-corrected chi connectivity index (χ1v) is 3.32. The van der Waals surface area contributed by atoms with Crippen LogP contribution < -0.4 is 10.7 Å². The number of fused-ring (bicyclic) bond motifs is 1. The molecule has 0 aliphatic rings. The molecule has 2 rings (SSSR count). The van der Waals surface area contributed by atoms with E-state index in [9.17, 15) is 0 Å². The molecule has 2 aromatic heterocycles. The van der Waals surface area contributed by atoms with E-state index < -0.39 is 0 Å². The van der Waals surface area contributed by atoms with Crippen LogP contribution in [0, 0.1) is 0 Å². The molecule has 0 spiro atoms. The molecule has 0 aliphatic carbocycles. The summed E-state index contributed by atoms with van der Waals surface area (Å²) in [4.78, 5) is 12.4. The summed E-state index contributed by atoms with van der Waals surface area (Å²) in [5, 5.41) is 4.69. The fourth-order valence-corrected chi connectivity index (χ4v) is 1.03. The van der Waals surface area contributed by atoms with Crippen molar-refractivity contribution in [3.05, 3.63) is 12.5 Å². The highest BCUT2D eigenvalue weighted by Crippen LogP contribution is 2.18. The Bertz CT molecular complexity index is 409. The largest absolute Gasteiger partial charge is 0.390 e. The van der Waals surface area contributed by atoms with E-state index in [4.69, 9.17) is 5.90 Å². The third-order valence-corrected chi connectivity index (χ3v) is 1.60. The quantitative estimate of drug-likeness (QED) is 0.582. The molecule has 12 heavy (non-hydrogen) atoms. The van der Waals surface area contributed by atoms with Gasteiger partial charge in [-0.15, -0.1) is 0 Å². The van der Waals surface area contributed by atoms with Crippen LogP contribution in [0.25, 0.3) is 11.0 Å². The Balaban J connectivity index is 2.81. The Labute approximate surface area is 67.9 Å². The second kappa shape index (κ2) is 2.42. The number of rotatable bonds is 1. The Morgan fingerprint density at radius 2 is 2.33 bits per heavy atom. The van der Waals surface area contributed by atoms with E-state index in [0.717, 1.165) is 0 Å². The van der Waals surface area contributed by atoms with Crippen molar-refractivity contribution in [2.75, 3.05) is 0 Å². The first-order chi connectivity index (χ1) is 5.83. The lowest BCUT2D eigenvalue weighted by Gasteiger charge is -1.96. The van der Waals surface area contributed by atoms with Crippen LogP contribution >= 0.6 is 0 Å². The molecule has 0 saturated carbocycles. The molecule has 6 heteroatoms. The highest BCUT2D eigenvalue weighted by Gasteiger charge is 2.06. The van der Waals surface area contributed by atoms with E-state index in [1.807, 2.05) is 0 Å². The van der Waals surface area contributed by atoms with E-state index in [2.05, 4.69) is 19.9 Å². The average molecular weight is 165 g/mol. The predicted molar refractivity (Wildman–Crippen MR) is 41.1 cm³/mol. The van der Waals surface area contributed by atoms with Crippen LogP contribution in [0.5, 0.6) is 5.88 Å². The second-order valence-electron chi connectivity index (χ2n) is 2.30. The lowest BCUT2D eigenvalue weighted by Crippen LogP contribution is -2.04. The van der Waals surface area contributed by atoms with Gasteiger partial charge in [0.1, 0.15) is 11.7 Å². The SMILES string of the molecule is Cn1ncc2c(ON)ncnc21. The van der Waals surface area contributed by atoms with Crippen molar-refractivity contribution in [1.29, 1.82) is 0 Å². The van der Waals surface area contributed by atoms with Gasteiger partial charge in [0.15, 0.2) is 5.65 Å². The minimum absolute atomic E-state index is 0.341. The molecular formula is C6H7N5O. The van der Waals surface area contributed by atoms with Crippen LogP contribution in [0.4, 0.5) is 0 Å². The molecular weight excluding hydrogens is 158 g/mol. The van der Waals surface area contributed by atoms with E-state index in [0.29, 0.717) is 16.9 Å². The average Bonchev–Trinajstić information content (AvgIpc) is 2.48. The second-order valence-corrected chi connectivity index (χ2v) is 2.30. The van der Waals surface area contributed by atoms with Gasteiger partial charge in [-0.3, -0.25) is 4.68 Å². The highest BCUT2D eigenvalue weighted by molar-refractivity contribution is 5.79. The van der Waals surface area contributed by atoms with Gasteiger partial charge in [0.2, 0.25) is 0 Å². The van der Waals surface area contributed by atoms with Gasteiger partial charge in [0.25, 0.3) is 5.88 Å². The first-order valence-electron chi connectivity index (χ1n) is 3.32. The van der Waals surface area contributed by atoms with Crippen molar-refractivity contribution in [2.24, 2.45) is 12.9 Å². The summed E-state index contributed by atoms with van der Waals surface area (Å²) >= 11 is 0. The summed E-state index contributed by atoms with van der Waals surface area (Å²) in [7, 11) is 1.79. The number of nitrogens with zero attached hydrogens (tertiary/aromatic N) is 4. The lowest BCUT2D eigenvalue weighted by molar-refractivity contribution is 0.325. The van der Waals surface area contributed by atoms with Crippen LogP contribution in [0.1, 0.15) is 0 Å². The Kier molecular flexibility index (Phi) is 1.41. The Morgan fingerprint density at radius 1 is 1.50 bits per heavy atom. The predicted octanol–water partition coefficient (Wildman–Crippen LogP) is -0.384. The summed E-state index contributed by atoms with van der Waals surface area (Å²) in [6, 6.07) is 0. The van der Waals surface area contributed by atoms with Crippen molar-refractivity contribution in [1.82, 2.24) is 19.7 Å². The van der Waals surface area contributed by atoms with Gasteiger partial charge < -0.3 is 4.84 Å². The van der Waals surface area contributed by atoms with Gasteiger partial charge in [0.05, 0.1) is 6.20 Å². The summed E-state index contributed by atoms with van der Waals surface area (Å²) < 4.78 is 1.62. The smallest absolute Gasteiger partial charge is 0.251 e. The normalized spacial score (nSPS) is 10.5. The van der Waals surface area contributed by atoms with Crippen LogP contribution in [-0.4, -0.2) is 19.7 Å². The number of hydrogen-bond donors (Lipinski definition) is 1. The van der Waals surface area contributed by atoms with Crippen LogP contribution in [0.15, 0.2) is 12.5 Å². The molecule has 0 bridgehead atoms. The van der Waals surface area contributed by atoms with Crippen molar-refractivity contribution < 1.29 is 4.84 Å². The molecule has 0 aromatic carbocycles. The third-order valence-electron chi connectivity index (χ3n) is 1.60. The minimum Gasteiger partial charge on any atom is -0.390 e.